The summed E-state index contributed by atoms with van der Waals surface area (Å²) in [7, 11) is 0. The maximum absolute atomic E-state index is 13.0. The smallest absolute Gasteiger partial charge is 0.264 e. The van der Waals surface area contributed by atoms with Crippen molar-refractivity contribution in [3.05, 3.63) is 51.2 Å². The predicted octanol–water partition coefficient (Wildman–Crippen LogP) is 4.13. The number of hydrogen-bond donors (Lipinski definition) is 2. The molecule has 3 rings (SSSR count). The van der Waals surface area contributed by atoms with Crippen LogP contribution in [0.3, 0.4) is 0 Å². The monoisotopic (exact) mass is 427 g/mol. The molecule has 1 aliphatic heterocycles. The Labute approximate surface area is 181 Å². The molecule has 1 aromatic carbocycles. The number of rotatable bonds is 4. The first-order chi connectivity index (χ1) is 14.0. The van der Waals surface area contributed by atoms with E-state index in [-0.39, 0.29) is 16.7 Å². The van der Waals surface area contributed by atoms with Gasteiger partial charge in [0.2, 0.25) is 0 Å². The van der Waals surface area contributed by atoms with Crippen LogP contribution in [0.25, 0.3) is 6.08 Å². The number of nitrogens with zero attached hydrogens (tertiary/aromatic N) is 4. The Morgan fingerprint density at radius 3 is 2.30 bits per heavy atom. The highest BCUT2D eigenvalue weighted by molar-refractivity contribution is 8.06. The third-order valence-corrected chi connectivity index (χ3v) is 5.72. The first-order valence-corrected chi connectivity index (χ1v) is 10.8. The highest BCUT2D eigenvalue weighted by Gasteiger charge is 2.27. The van der Waals surface area contributed by atoms with Gasteiger partial charge in [-0.15, -0.1) is 10.2 Å². The number of hydrogen-bond acceptors (Lipinski definition) is 6. The van der Waals surface area contributed by atoms with Crippen LogP contribution in [0.15, 0.2) is 28.6 Å². The second kappa shape index (κ2) is 8.26. The van der Waals surface area contributed by atoms with Crippen LogP contribution in [-0.4, -0.2) is 43.1 Å². The second-order valence-corrected chi connectivity index (χ2v) is 10.4. The largest absolute Gasteiger partial charge is 0.507 e. The maximum Gasteiger partial charge on any atom is 0.264 e. The van der Waals surface area contributed by atoms with Crippen LogP contribution in [0.4, 0.5) is 0 Å². The van der Waals surface area contributed by atoms with E-state index in [1.54, 1.807) is 11.1 Å². The van der Waals surface area contributed by atoms with Gasteiger partial charge in [-0.3, -0.25) is 4.79 Å². The van der Waals surface area contributed by atoms with Crippen molar-refractivity contribution < 1.29 is 9.90 Å². The zero-order valence-corrected chi connectivity index (χ0v) is 19.2. The zero-order valence-electron chi connectivity index (χ0n) is 18.4. The number of aromatic amines is 1. The van der Waals surface area contributed by atoms with Gasteiger partial charge in [0.1, 0.15) is 5.75 Å². The number of carbonyl (C=O) groups is 1. The molecule has 2 heterocycles. The predicted molar refractivity (Wildman–Crippen MR) is 120 cm³/mol. The minimum atomic E-state index is -0.223. The molecule has 0 spiro atoms. The normalized spacial score (nSPS) is 16.5. The van der Waals surface area contributed by atoms with Gasteiger partial charge in [-0.2, -0.15) is 5.21 Å². The molecule has 1 aromatic heterocycles. The van der Waals surface area contributed by atoms with Crippen molar-refractivity contribution in [2.45, 2.75) is 58.8 Å². The van der Waals surface area contributed by atoms with Crippen molar-refractivity contribution in [2.24, 2.45) is 0 Å². The van der Waals surface area contributed by atoms with E-state index in [2.05, 4.69) is 62.2 Å². The van der Waals surface area contributed by atoms with Gasteiger partial charge < -0.3 is 10.0 Å². The molecule has 2 N–H and O–H groups in total. The van der Waals surface area contributed by atoms with Gasteiger partial charge in [0.15, 0.2) is 5.82 Å². The standard InChI is InChI=1S/C22H29N5O2S/c1-21(2,3)15-11-14(12-16(19(15)28)22(4,5)6)13-17-20(29)27(9-10-30-17)8-7-18-23-25-26-24-18/h9-13,28H,7-8H2,1-6H3,(H,23,24,25,26). The summed E-state index contributed by atoms with van der Waals surface area (Å²) in [6, 6.07) is 3.96. The second-order valence-electron chi connectivity index (χ2n) is 9.45. The molecule has 30 heavy (non-hydrogen) atoms. The van der Waals surface area contributed by atoms with Crippen molar-refractivity contribution in [3.8, 4) is 5.75 Å². The average molecular weight is 428 g/mol. The van der Waals surface area contributed by atoms with Crippen LogP contribution in [0.5, 0.6) is 5.75 Å². The van der Waals surface area contributed by atoms with Crippen LogP contribution in [-0.2, 0) is 22.0 Å². The molecule has 1 amide bonds. The minimum absolute atomic E-state index is 0.0614. The Hall–Kier alpha value is -2.61. The van der Waals surface area contributed by atoms with E-state index in [1.165, 1.54) is 11.8 Å². The van der Waals surface area contributed by atoms with E-state index >= 15 is 0 Å². The lowest BCUT2D eigenvalue weighted by Gasteiger charge is -2.28. The molecular formula is C22H29N5O2S. The highest BCUT2D eigenvalue weighted by Crippen LogP contribution is 2.40. The van der Waals surface area contributed by atoms with E-state index in [1.807, 2.05) is 23.6 Å². The molecule has 0 atom stereocenters. The van der Waals surface area contributed by atoms with Crippen molar-refractivity contribution in [1.29, 1.82) is 0 Å². The third kappa shape index (κ3) is 4.92. The fraction of sp³-hybridized carbons (Fsp3) is 0.455. The van der Waals surface area contributed by atoms with Crippen LogP contribution in [0.2, 0.25) is 0 Å². The molecule has 0 unspecified atom stereocenters. The molecular weight excluding hydrogens is 398 g/mol. The number of thioether (sulfide) groups is 1. The molecule has 1 aliphatic rings. The summed E-state index contributed by atoms with van der Waals surface area (Å²) in [5.74, 6) is 0.846. The molecule has 160 valence electrons. The van der Waals surface area contributed by atoms with Crippen molar-refractivity contribution in [1.82, 2.24) is 25.5 Å². The van der Waals surface area contributed by atoms with Crippen molar-refractivity contribution in [2.75, 3.05) is 6.54 Å². The molecule has 0 saturated heterocycles. The van der Waals surface area contributed by atoms with Gasteiger partial charge in [0.05, 0.1) is 4.91 Å². The van der Waals surface area contributed by atoms with Gasteiger partial charge in [0, 0.05) is 30.3 Å². The molecule has 0 bridgehead atoms. The average Bonchev–Trinajstić information content (AvgIpc) is 3.15. The lowest BCUT2D eigenvalue weighted by atomic mass is 9.78. The maximum atomic E-state index is 13.0. The molecule has 7 nitrogen and oxygen atoms in total. The van der Waals surface area contributed by atoms with Crippen LogP contribution in [0, 0.1) is 0 Å². The molecule has 2 aromatic rings. The van der Waals surface area contributed by atoms with E-state index in [0.717, 1.165) is 16.7 Å². The van der Waals surface area contributed by atoms with Gasteiger partial charge in [-0.05, 0) is 40.0 Å². The number of aromatic hydroxyl groups is 1. The summed E-state index contributed by atoms with van der Waals surface area (Å²) in [5, 5.41) is 26.6. The number of nitrogens with one attached hydrogen (secondary N) is 1. The first kappa shape index (κ1) is 22.1. The molecule has 0 saturated carbocycles. The Morgan fingerprint density at radius 2 is 1.77 bits per heavy atom. The lowest BCUT2D eigenvalue weighted by Crippen LogP contribution is -2.30. The summed E-state index contributed by atoms with van der Waals surface area (Å²) in [4.78, 5) is 15.3. The Balaban J connectivity index is 1.93. The third-order valence-electron chi connectivity index (χ3n) is 4.92. The van der Waals surface area contributed by atoms with Crippen molar-refractivity contribution in [3.63, 3.8) is 0 Å². The fourth-order valence-electron chi connectivity index (χ4n) is 3.25. The summed E-state index contributed by atoms with van der Waals surface area (Å²) < 4.78 is 0. The molecule has 0 fully saturated rings. The van der Waals surface area contributed by atoms with Crippen molar-refractivity contribution >= 4 is 23.7 Å². The molecule has 8 heteroatoms. The number of tetrazole rings is 1. The SMILES string of the molecule is CC(C)(C)c1cc(C=C2SC=CN(CCc3nn[nH]n3)C2=O)cc(C(C)(C)C)c1O. The van der Waals surface area contributed by atoms with Gasteiger partial charge in [-0.25, -0.2) is 0 Å². The number of benzene rings is 1. The Kier molecular flexibility index (Phi) is 6.08. The summed E-state index contributed by atoms with van der Waals surface area (Å²) in [5.41, 5.74) is 2.21. The number of carbonyl (C=O) groups excluding carboxylic acids is 1. The topological polar surface area (TPSA) is 95.0 Å². The van der Waals surface area contributed by atoms with Gasteiger partial charge in [-0.1, -0.05) is 58.5 Å². The first-order valence-electron chi connectivity index (χ1n) is 9.93. The fourth-order valence-corrected chi connectivity index (χ4v) is 4.03. The quantitative estimate of drug-likeness (QED) is 0.713. The zero-order chi connectivity index (χ0) is 22.1. The summed E-state index contributed by atoms with van der Waals surface area (Å²) >= 11 is 1.40. The van der Waals surface area contributed by atoms with E-state index in [0.29, 0.717) is 29.4 Å². The Bertz CT molecular complexity index is 947. The number of amides is 1. The minimum Gasteiger partial charge on any atom is -0.507 e. The van der Waals surface area contributed by atoms with Crippen LogP contribution in [0.1, 0.15) is 64.1 Å². The number of phenols is 1. The van der Waals surface area contributed by atoms with E-state index in [4.69, 9.17) is 0 Å². The van der Waals surface area contributed by atoms with Crippen LogP contribution < -0.4 is 0 Å². The van der Waals surface area contributed by atoms with Gasteiger partial charge in [0.25, 0.3) is 5.91 Å². The van der Waals surface area contributed by atoms with E-state index < -0.39 is 0 Å². The highest BCUT2D eigenvalue weighted by atomic mass is 32.2. The Morgan fingerprint density at radius 1 is 1.13 bits per heavy atom. The number of phenolic OH excluding ortho intramolecular Hbond substituents is 1. The van der Waals surface area contributed by atoms with E-state index in [9.17, 15) is 9.90 Å². The molecule has 0 radical (unpaired) electrons. The summed E-state index contributed by atoms with van der Waals surface area (Å²) in [6.45, 7) is 12.9. The van der Waals surface area contributed by atoms with Gasteiger partial charge >= 0.3 is 0 Å². The number of H-pyrrole nitrogens is 1. The molecule has 0 aliphatic carbocycles. The lowest BCUT2D eigenvalue weighted by molar-refractivity contribution is -0.123. The van der Waals surface area contributed by atoms with Crippen LogP contribution >= 0.6 is 11.8 Å². The summed E-state index contributed by atoms with van der Waals surface area (Å²) in [6.07, 6.45) is 4.20. The number of aromatic nitrogens is 4.